The zero-order valence-electron chi connectivity index (χ0n) is 11.2. The molecule has 0 saturated carbocycles. The number of nitrogens with one attached hydrogen (secondary N) is 1. The number of benzene rings is 1. The van der Waals surface area contributed by atoms with E-state index < -0.39 is 17.5 Å². The first kappa shape index (κ1) is 16.4. The summed E-state index contributed by atoms with van der Waals surface area (Å²) < 4.78 is 35.7. The number of nitro benzene ring substituents is 1. The predicted octanol–water partition coefficient (Wildman–Crippen LogP) is 3.73. The number of nitrogens with zero attached hydrogens (tertiary/aromatic N) is 1. The van der Waals surface area contributed by atoms with Crippen molar-refractivity contribution in [2.24, 2.45) is 0 Å². The van der Waals surface area contributed by atoms with E-state index >= 15 is 0 Å². The molecular formula is C13H17F3N2O2. The van der Waals surface area contributed by atoms with Gasteiger partial charge < -0.3 is 5.32 Å². The van der Waals surface area contributed by atoms with Crippen LogP contribution in [0.3, 0.4) is 0 Å². The lowest BCUT2D eigenvalue weighted by Crippen LogP contribution is -2.16. The fraction of sp³-hybridized carbons (Fsp3) is 0.538. The molecule has 0 bridgehead atoms. The number of hydrogen-bond acceptors (Lipinski definition) is 3. The lowest BCUT2D eigenvalue weighted by atomic mass is 10.1. The molecule has 0 spiro atoms. The van der Waals surface area contributed by atoms with E-state index in [4.69, 9.17) is 0 Å². The molecule has 0 aliphatic rings. The summed E-state index contributed by atoms with van der Waals surface area (Å²) in [5, 5.41) is 13.7. The van der Waals surface area contributed by atoms with E-state index in [1.807, 2.05) is 0 Å². The van der Waals surface area contributed by atoms with E-state index in [9.17, 15) is 23.3 Å². The van der Waals surface area contributed by atoms with Crippen molar-refractivity contribution in [3.05, 3.63) is 39.4 Å². The van der Waals surface area contributed by atoms with Crippen molar-refractivity contribution in [3.8, 4) is 0 Å². The van der Waals surface area contributed by atoms with Gasteiger partial charge in [0.1, 0.15) is 0 Å². The molecule has 0 radical (unpaired) electrons. The van der Waals surface area contributed by atoms with Crippen molar-refractivity contribution < 1.29 is 18.1 Å². The van der Waals surface area contributed by atoms with Gasteiger partial charge in [0.05, 0.1) is 4.92 Å². The smallest absolute Gasteiger partial charge is 0.313 e. The molecule has 0 atom stereocenters. The Labute approximate surface area is 115 Å². The van der Waals surface area contributed by atoms with Crippen LogP contribution in [0.4, 0.5) is 18.9 Å². The summed E-state index contributed by atoms with van der Waals surface area (Å²) in [6.07, 6.45) is -4.36. The number of nitro groups is 1. The molecule has 0 aromatic heterocycles. The van der Waals surface area contributed by atoms with Gasteiger partial charge in [-0.3, -0.25) is 10.1 Å². The lowest BCUT2D eigenvalue weighted by Gasteiger charge is -2.07. The molecule has 4 nitrogen and oxygen atoms in total. The minimum atomic E-state index is -4.10. The largest absolute Gasteiger partial charge is 0.389 e. The van der Waals surface area contributed by atoms with Crippen molar-refractivity contribution in [1.82, 2.24) is 5.32 Å². The SMILES string of the molecule is Cc1ccc(CNCCCCC(F)(F)F)cc1[N+](=O)[O-]. The van der Waals surface area contributed by atoms with Gasteiger partial charge in [0.25, 0.3) is 5.69 Å². The van der Waals surface area contributed by atoms with Crippen LogP contribution in [0.25, 0.3) is 0 Å². The van der Waals surface area contributed by atoms with E-state index in [0.717, 1.165) is 5.56 Å². The number of hydrogen-bond donors (Lipinski definition) is 1. The number of alkyl halides is 3. The van der Waals surface area contributed by atoms with Gasteiger partial charge in [-0.15, -0.1) is 0 Å². The first-order valence-electron chi connectivity index (χ1n) is 6.31. The molecule has 7 heteroatoms. The van der Waals surface area contributed by atoms with Gasteiger partial charge in [0, 0.05) is 24.6 Å². The summed E-state index contributed by atoms with van der Waals surface area (Å²) in [7, 11) is 0. The van der Waals surface area contributed by atoms with Crippen LogP contribution >= 0.6 is 0 Å². The van der Waals surface area contributed by atoms with E-state index in [1.165, 1.54) is 6.07 Å². The van der Waals surface area contributed by atoms with Gasteiger partial charge in [0.15, 0.2) is 0 Å². The van der Waals surface area contributed by atoms with Crippen molar-refractivity contribution in [1.29, 1.82) is 0 Å². The second kappa shape index (κ2) is 7.23. The summed E-state index contributed by atoms with van der Waals surface area (Å²) in [6, 6.07) is 4.92. The number of halogens is 3. The van der Waals surface area contributed by atoms with Gasteiger partial charge in [0.2, 0.25) is 0 Å². The van der Waals surface area contributed by atoms with Gasteiger partial charge in [-0.2, -0.15) is 13.2 Å². The topological polar surface area (TPSA) is 55.2 Å². The summed E-state index contributed by atoms with van der Waals surface area (Å²) >= 11 is 0. The number of unbranched alkanes of at least 4 members (excludes halogenated alkanes) is 1. The molecular weight excluding hydrogens is 273 g/mol. The highest BCUT2D eigenvalue weighted by atomic mass is 19.4. The fourth-order valence-corrected chi connectivity index (χ4v) is 1.77. The highest BCUT2D eigenvalue weighted by Gasteiger charge is 2.25. The third-order valence-corrected chi connectivity index (χ3v) is 2.86. The fourth-order valence-electron chi connectivity index (χ4n) is 1.77. The predicted molar refractivity (Wildman–Crippen MR) is 69.4 cm³/mol. The zero-order valence-corrected chi connectivity index (χ0v) is 11.2. The normalized spacial score (nSPS) is 11.6. The van der Waals surface area contributed by atoms with Crippen LogP contribution in [0.5, 0.6) is 0 Å². The first-order chi connectivity index (χ1) is 9.29. The molecule has 0 aliphatic carbocycles. The molecule has 0 amide bonds. The second-order valence-electron chi connectivity index (χ2n) is 4.63. The maximum atomic E-state index is 11.9. The Morgan fingerprint density at radius 2 is 2.00 bits per heavy atom. The van der Waals surface area contributed by atoms with Crippen LogP contribution in [0.1, 0.15) is 30.4 Å². The quantitative estimate of drug-likeness (QED) is 0.473. The molecule has 20 heavy (non-hydrogen) atoms. The van der Waals surface area contributed by atoms with Gasteiger partial charge in [-0.05, 0) is 31.9 Å². The highest BCUT2D eigenvalue weighted by molar-refractivity contribution is 5.42. The van der Waals surface area contributed by atoms with Crippen LogP contribution in [0, 0.1) is 17.0 Å². The van der Waals surface area contributed by atoms with E-state index in [2.05, 4.69) is 5.32 Å². The molecule has 0 saturated heterocycles. The Hall–Kier alpha value is -1.63. The molecule has 0 aliphatic heterocycles. The monoisotopic (exact) mass is 290 g/mol. The highest BCUT2D eigenvalue weighted by Crippen LogP contribution is 2.22. The van der Waals surface area contributed by atoms with Gasteiger partial charge in [-0.25, -0.2) is 0 Å². The maximum absolute atomic E-state index is 11.9. The molecule has 112 valence electrons. The van der Waals surface area contributed by atoms with E-state index in [1.54, 1.807) is 19.1 Å². The molecule has 0 heterocycles. The zero-order chi connectivity index (χ0) is 15.2. The lowest BCUT2D eigenvalue weighted by molar-refractivity contribution is -0.385. The summed E-state index contributed by atoms with van der Waals surface area (Å²) in [5.41, 5.74) is 1.39. The molecule has 1 aromatic rings. The van der Waals surface area contributed by atoms with Crippen LogP contribution in [-0.2, 0) is 6.54 Å². The summed E-state index contributed by atoms with van der Waals surface area (Å²) in [6.45, 7) is 2.53. The standard InChI is InChI=1S/C13H17F3N2O2/c1-10-4-5-11(8-12(10)18(19)20)9-17-7-3-2-6-13(14,15)16/h4-5,8,17H,2-3,6-7,9H2,1H3. The Morgan fingerprint density at radius 1 is 1.30 bits per heavy atom. The van der Waals surface area contributed by atoms with Crippen LogP contribution < -0.4 is 5.32 Å². The van der Waals surface area contributed by atoms with Crippen LogP contribution in [0.2, 0.25) is 0 Å². The van der Waals surface area contributed by atoms with Gasteiger partial charge in [-0.1, -0.05) is 12.1 Å². The van der Waals surface area contributed by atoms with Crippen molar-refractivity contribution in [2.45, 2.75) is 38.9 Å². The summed E-state index contributed by atoms with van der Waals surface area (Å²) in [4.78, 5) is 10.3. The molecule has 1 rings (SSSR count). The first-order valence-corrected chi connectivity index (χ1v) is 6.31. The Morgan fingerprint density at radius 3 is 2.60 bits per heavy atom. The minimum absolute atomic E-state index is 0.0568. The maximum Gasteiger partial charge on any atom is 0.389 e. The Kier molecular flexibility index (Phi) is 5.94. The van der Waals surface area contributed by atoms with Crippen molar-refractivity contribution in [2.75, 3.05) is 6.54 Å². The Balaban J connectivity index is 2.32. The van der Waals surface area contributed by atoms with Crippen LogP contribution in [0.15, 0.2) is 18.2 Å². The van der Waals surface area contributed by atoms with E-state index in [-0.39, 0.29) is 12.1 Å². The average molecular weight is 290 g/mol. The third-order valence-electron chi connectivity index (χ3n) is 2.86. The average Bonchev–Trinajstić information content (AvgIpc) is 2.33. The van der Waals surface area contributed by atoms with Crippen molar-refractivity contribution >= 4 is 5.69 Å². The molecule has 1 N–H and O–H groups in total. The number of aryl methyl sites for hydroxylation is 1. The van der Waals surface area contributed by atoms with Crippen LogP contribution in [-0.4, -0.2) is 17.6 Å². The molecule has 0 fully saturated rings. The Bertz CT molecular complexity index is 461. The number of rotatable bonds is 7. The third kappa shape index (κ3) is 6.01. The molecule has 1 aromatic carbocycles. The van der Waals surface area contributed by atoms with Crippen molar-refractivity contribution in [3.63, 3.8) is 0 Å². The molecule has 0 unspecified atom stereocenters. The summed E-state index contributed by atoms with van der Waals surface area (Å²) in [5.74, 6) is 0. The minimum Gasteiger partial charge on any atom is -0.313 e. The van der Waals surface area contributed by atoms with Gasteiger partial charge >= 0.3 is 6.18 Å². The second-order valence-corrected chi connectivity index (χ2v) is 4.63. The van der Waals surface area contributed by atoms with E-state index in [0.29, 0.717) is 25.1 Å².